The van der Waals surface area contributed by atoms with E-state index in [0.29, 0.717) is 0 Å². The van der Waals surface area contributed by atoms with Crippen LogP contribution in [-0.2, 0) is 19.4 Å². The molecule has 0 aliphatic carbocycles. The maximum absolute atomic E-state index is 9.36. The highest BCUT2D eigenvalue weighted by atomic mass is 32.2. The highest BCUT2D eigenvalue weighted by molar-refractivity contribution is 7.98. The van der Waals surface area contributed by atoms with E-state index in [9.17, 15) is 5.11 Å². The van der Waals surface area contributed by atoms with E-state index in [4.69, 9.17) is 0 Å². The maximum atomic E-state index is 9.36. The summed E-state index contributed by atoms with van der Waals surface area (Å²) in [6.45, 7) is 0.128. The molecule has 0 radical (unpaired) electrons. The Labute approximate surface area is 119 Å². The minimum absolute atomic E-state index is 0.128. The molecule has 1 nitrogen and oxygen atoms in total. The predicted molar refractivity (Wildman–Crippen MR) is 82.6 cm³/mol. The first-order chi connectivity index (χ1) is 9.33. The van der Waals surface area contributed by atoms with Gasteiger partial charge >= 0.3 is 0 Å². The van der Waals surface area contributed by atoms with Crippen LogP contribution in [0.4, 0.5) is 0 Å². The van der Waals surface area contributed by atoms with Gasteiger partial charge in [0.1, 0.15) is 0 Å². The second-order valence-corrected chi connectivity index (χ2v) is 5.49. The molecule has 2 heteroatoms. The number of hydrogen-bond acceptors (Lipinski definition) is 2. The largest absolute Gasteiger partial charge is 0.392 e. The topological polar surface area (TPSA) is 20.2 Å². The van der Waals surface area contributed by atoms with Crippen LogP contribution < -0.4 is 0 Å². The molecule has 0 amide bonds. The lowest BCUT2D eigenvalue weighted by molar-refractivity contribution is 0.279. The van der Waals surface area contributed by atoms with Crippen molar-refractivity contribution < 1.29 is 5.11 Å². The molecule has 0 bridgehead atoms. The molecule has 0 saturated heterocycles. The summed E-state index contributed by atoms with van der Waals surface area (Å²) in [5.74, 6) is 0. The van der Waals surface area contributed by atoms with Gasteiger partial charge in [0.2, 0.25) is 0 Å². The van der Waals surface area contributed by atoms with Crippen molar-refractivity contribution in [3.63, 3.8) is 0 Å². The molecule has 0 fully saturated rings. The Morgan fingerprint density at radius 2 is 1.68 bits per heavy atom. The summed E-state index contributed by atoms with van der Waals surface area (Å²) in [5, 5.41) is 9.36. The Hall–Kier alpha value is -1.25. The van der Waals surface area contributed by atoms with Crippen LogP contribution in [-0.4, -0.2) is 11.4 Å². The zero-order valence-corrected chi connectivity index (χ0v) is 12.1. The lowest BCUT2D eigenvalue weighted by Crippen LogP contribution is -1.94. The van der Waals surface area contributed by atoms with Gasteiger partial charge in [0.15, 0.2) is 0 Å². The van der Waals surface area contributed by atoms with Crippen LogP contribution >= 0.6 is 11.8 Å². The minimum Gasteiger partial charge on any atom is -0.392 e. The van der Waals surface area contributed by atoms with E-state index in [1.54, 1.807) is 11.8 Å². The summed E-state index contributed by atoms with van der Waals surface area (Å²) < 4.78 is 0. The second kappa shape index (κ2) is 7.37. The summed E-state index contributed by atoms with van der Waals surface area (Å²) >= 11 is 1.69. The first kappa shape index (κ1) is 14.2. The third-order valence-electron chi connectivity index (χ3n) is 3.29. The summed E-state index contributed by atoms with van der Waals surface area (Å²) in [6.07, 6.45) is 5.37. The lowest BCUT2D eigenvalue weighted by Gasteiger charge is -2.08. The van der Waals surface area contributed by atoms with Crippen LogP contribution in [0.25, 0.3) is 0 Å². The minimum atomic E-state index is 0.128. The van der Waals surface area contributed by atoms with Gasteiger partial charge in [-0.3, -0.25) is 0 Å². The van der Waals surface area contributed by atoms with Crippen LogP contribution in [0.3, 0.4) is 0 Å². The summed E-state index contributed by atoms with van der Waals surface area (Å²) in [7, 11) is 0. The van der Waals surface area contributed by atoms with Crippen molar-refractivity contribution in [2.75, 3.05) is 6.26 Å². The molecule has 0 aliphatic heterocycles. The number of thioether (sulfide) groups is 1. The Balaban J connectivity index is 1.93. The molecule has 2 rings (SSSR count). The standard InChI is InChI=1S/C17H20OS/c1-19-17-11-10-15(12-16(17)13-18)9-5-8-14-6-3-2-4-7-14/h2-4,6-7,10-12,18H,5,8-9,13H2,1H3. The summed E-state index contributed by atoms with van der Waals surface area (Å²) in [5.41, 5.74) is 3.76. The average Bonchev–Trinajstić information content (AvgIpc) is 2.48. The molecule has 100 valence electrons. The SMILES string of the molecule is CSc1ccc(CCCc2ccccc2)cc1CO. The monoisotopic (exact) mass is 272 g/mol. The average molecular weight is 272 g/mol. The third kappa shape index (κ3) is 4.12. The fourth-order valence-corrected chi connectivity index (χ4v) is 2.84. The molecule has 0 unspecified atom stereocenters. The van der Waals surface area contributed by atoms with E-state index >= 15 is 0 Å². The normalized spacial score (nSPS) is 10.6. The van der Waals surface area contributed by atoms with Crippen LogP contribution in [0.2, 0.25) is 0 Å². The van der Waals surface area contributed by atoms with Crippen molar-refractivity contribution in [1.29, 1.82) is 0 Å². The smallest absolute Gasteiger partial charge is 0.0692 e. The van der Waals surface area contributed by atoms with Crippen LogP contribution in [0.15, 0.2) is 53.4 Å². The maximum Gasteiger partial charge on any atom is 0.0692 e. The lowest BCUT2D eigenvalue weighted by atomic mass is 10.0. The fourth-order valence-electron chi connectivity index (χ4n) is 2.25. The fraction of sp³-hybridized carbons (Fsp3) is 0.294. The van der Waals surface area contributed by atoms with Crippen molar-refractivity contribution in [2.24, 2.45) is 0 Å². The van der Waals surface area contributed by atoms with Gasteiger partial charge in [-0.25, -0.2) is 0 Å². The van der Waals surface area contributed by atoms with Gasteiger partial charge in [-0.1, -0.05) is 42.5 Å². The molecule has 2 aromatic rings. The van der Waals surface area contributed by atoms with E-state index in [1.807, 2.05) is 6.26 Å². The van der Waals surface area contributed by atoms with Crippen molar-refractivity contribution in [2.45, 2.75) is 30.8 Å². The van der Waals surface area contributed by atoms with Gasteiger partial charge < -0.3 is 5.11 Å². The summed E-state index contributed by atoms with van der Waals surface area (Å²) in [4.78, 5) is 1.18. The third-order valence-corrected chi connectivity index (χ3v) is 4.13. The van der Waals surface area contributed by atoms with Gasteiger partial charge in [-0.2, -0.15) is 0 Å². The zero-order chi connectivity index (χ0) is 13.5. The molecule has 0 aliphatic rings. The van der Waals surface area contributed by atoms with Gasteiger partial charge in [-0.15, -0.1) is 11.8 Å². The van der Waals surface area contributed by atoms with E-state index in [-0.39, 0.29) is 6.61 Å². The molecule has 1 N–H and O–H groups in total. The van der Waals surface area contributed by atoms with Gasteiger partial charge in [0, 0.05) is 4.90 Å². The van der Waals surface area contributed by atoms with Crippen molar-refractivity contribution >= 4 is 11.8 Å². The number of rotatable bonds is 6. The number of aliphatic hydroxyl groups excluding tert-OH is 1. The van der Waals surface area contributed by atoms with E-state index < -0.39 is 0 Å². The molecule has 0 spiro atoms. The molecule has 0 aromatic heterocycles. The van der Waals surface area contributed by atoms with Gasteiger partial charge in [-0.05, 0) is 48.3 Å². The Bertz CT molecular complexity index is 508. The van der Waals surface area contributed by atoms with Crippen molar-refractivity contribution in [1.82, 2.24) is 0 Å². The highest BCUT2D eigenvalue weighted by Crippen LogP contribution is 2.22. The molecule has 2 aromatic carbocycles. The molecule has 0 saturated carbocycles. The Kier molecular flexibility index (Phi) is 5.49. The quantitative estimate of drug-likeness (QED) is 0.800. The molecule has 0 atom stereocenters. The van der Waals surface area contributed by atoms with Crippen molar-refractivity contribution in [3.05, 3.63) is 65.2 Å². The Morgan fingerprint density at radius 1 is 0.947 bits per heavy atom. The summed E-state index contributed by atoms with van der Waals surface area (Å²) in [6, 6.07) is 17.0. The van der Waals surface area contributed by atoms with E-state index in [2.05, 4.69) is 48.5 Å². The number of hydrogen-bond donors (Lipinski definition) is 1. The van der Waals surface area contributed by atoms with Crippen LogP contribution in [0, 0.1) is 0 Å². The first-order valence-corrected chi connectivity index (χ1v) is 7.86. The number of aliphatic hydroxyl groups is 1. The van der Waals surface area contributed by atoms with Gasteiger partial charge in [0.25, 0.3) is 0 Å². The second-order valence-electron chi connectivity index (χ2n) is 4.64. The molecule has 0 heterocycles. The highest BCUT2D eigenvalue weighted by Gasteiger charge is 2.02. The van der Waals surface area contributed by atoms with Crippen molar-refractivity contribution in [3.8, 4) is 0 Å². The molecular formula is C17H20OS. The molecule has 19 heavy (non-hydrogen) atoms. The Morgan fingerprint density at radius 3 is 2.37 bits per heavy atom. The van der Waals surface area contributed by atoms with Gasteiger partial charge in [0.05, 0.1) is 6.61 Å². The van der Waals surface area contributed by atoms with Crippen LogP contribution in [0.1, 0.15) is 23.1 Å². The predicted octanol–water partition coefficient (Wildman–Crippen LogP) is 4.08. The number of benzene rings is 2. The van der Waals surface area contributed by atoms with E-state index in [0.717, 1.165) is 24.8 Å². The zero-order valence-electron chi connectivity index (χ0n) is 11.3. The first-order valence-electron chi connectivity index (χ1n) is 6.64. The van der Waals surface area contributed by atoms with E-state index in [1.165, 1.54) is 16.0 Å². The number of aryl methyl sites for hydroxylation is 2. The molecular weight excluding hydrogens is 252 g/mol. The van der Waals surface area contributed by atoms with Crippen LogP contribution in [0.5, 0.6) is 0 Å².